The van der Waals surface area contributed by atoms with Gasteiger partial charge >= 0.3 is 6.18 Å². The van der Waals surface area contributed by atoms with E-state index in [0.717, 1.165) is 18.4 Å². The van der Waals surface area contributed by atoms with Crippen LogP contribution < -0.4 is 5.32 Å². The van der Waals surface area contributed by atoms with Gasteiger partial charge in [-0.05, 0) is 36.8 Å². The second-order valence-corrected chi connectivity index (χ2v) is 4.54. The fraction of sp³-hybridized carbons (Fsp3) is 0.200. The van der Waals surface area contributed by atoms with Crippen LogP contribution in [0.5, 0.6) is 0 Å². The van der Waals surface area contributed by atoms with Crippen LogP contribution in [0.1, 0.15) is 27.2 Å². The Bertz CT molecular complexity index is 636. The van der Waals surface area contributed by atoms with Gasteiger partial charge in [0.1, 0.15) is 5.82 Å². The van der Waals surface area contributed by atoms with Gasteiger partial charge in [0.25, 0.3) is 0 Å². The van der Waals surface area contributed by atoms with Crippen molar-refractivity contribution in [3.63, 3.8) is 0 Å². The summed E-state index contributed by atoms with van der Waals surface area (Å²) in [6.07, 6.45) is -3.60. The molecule has 0 atom stereocenters. The van der Waals surface area contributed by atoms with Crippen LogP contribution in [0, 0.1) is 6.92 Å². The summed E-state index contributed by atoms with van der Waals surface area (Å²) >= 11 is 0. The van der Waals surface area contributed by atoms with E-state index in [1.54, 1.807) is 19.1 Å². The van der Waals surface area contributed by atoms with Crippen molar-refractivity contribution in [1.82, 2.24) is 4.98 Å². The average molecular weight is 294 g/mol. The Morgan fingerprint density at radius 3 is 2.33 bits per heavy atom. The SMILES string of the molecule is Cc1nc(NCc2ccc(C(F)(F)F)cc2)ccc1C=O. The number of nitrogens with zero attached hydrogens (tertiary/aromatic N) is 1. The Balaban J connectivity index is 2.03. The zero-order valence-corrected chi connectivity index (χ0v) is 11.2. The molecule has 21 heavy (non-hydrogen) atoms. The number of aromatic nitrogens is 1. The van der Waals surface area contributed by atoms with Gasteiger partial charge < -0.3 is 5.32 Å². The lowest BCUT2D eigenvalue weighted by Crippen LogP contribution is -2.06. The molecule has 0 aliphatic carbocycles. The summed E-state index contributed by atoms with van der Waals surface area (Å²) in [6.45, 7) is 2.07. The van der Waals surface area contributed by atoms with Crippen molar-refractivity contribution in [2.75, 3.05) is 5.32 Å². The molecule has 2 rings (SSSR count). The van der Waals surface area contributed by atoms with Crippen molar-refractivity contribution in [2.24, 2.45) is 0 Å². The molecule has 0 bridgehead atoms. The van der Waals surface area contributed by atoms with Crippen molar-refractivity contribution in [1.29, 1.82) is 0 Å². The largest absolute Gasteiger partial charge is 0.416 e. The van der Waals surface area contributed by atoms with E-state index in [1.807, 2.05) is 0 Å². The highest BCUT2D eigenvalue weighted by molar-refractivity contribution is 5.76. The Kier molecular flexibility index (Phi) is 4.26. The molecule has 0 aliphatic rings. The third kappa shape index (κ3) is 3.81. The van der Waals surface area contributed by atoms with E-state index in [4.69, 9.17) is 0 Å². The minimum Gasteiger partial charge on any atom is -0.366 e. The maximum atomic E-state index is 12.4. The van der Waals surface area contributed by atoms with Gasteiger partial charge in [0.05, 0.1) is 11.3 Å². The first-order valence-electron chi connectivity index (χ1n) is 6.23. The van der Waals surface area contributed by atoms with Crippen molar-refractivity contribution in [3.05, 3.63) is 58.8 Å². The van der Waals surface area contributed by atoms with Crippen LogP contribution in [-0.2, 0) is 12.7 Å². The summed E-state index contributed by atoms with van der Waals surface area (Å²) in [5.74, 6) is 0.568. The zero-order chi connectivity index (χ0) is 15.5. The Morgan fingerprint density at radius 2 is 1.81 bits per heavy atom. The van der Waals surface area contributed by atoms with Crippen molar-refractivity contribution in [3.8, 4) is 0 Å². The second kappa shape index (κ2) is 5.95. The molecule has 1 aromatic carbocycles. The van der Waals surface area contributed by atoms with E-state index < -0.39 is 11.7 Å². The lowest BCUT2D eigenvalue weighted by atomic mass is 10.1. The number of aryl methyl sites for hydroxylation is 1. The molecule has 0 saturated carbocycles. The molecule has 6 heteroatoms. The number of benzene rings is 1. The molecular weight excluding hydrogens is 281 g/mol. The number of anilines is 1. The molecule has 0 spiro atoms. The van der Waals surface area contributed by atoms with Gasteiger partial charge in [-0.2, -0.15) is 13.2 Å². The first kappa shape index (κ1) is 15.0. The van der Waals surface area contributed by atoms with Crippen molar-refractivity contribution in [2.45, 2.75) is 19.6 Å². The highest BCUT2D eigenvalue weighted by atomic mass is 19.4. The number of aldehydes is 1. The molecule has 0 saturated heterocycles. The smallest absolute Gasteiger partial charge is 0.366 e. The number of rotatable bonds is 4. The van der Waals surface area contributed by atoms with Crippen molar-refractivity contribution < 1.29 is 18.0 Å². The predicted molar refractivity (Wildman–Crippen MR) is 73.1 cm³/mol. The molecule has 3 nitrogen and oxygen atoms in total. The molecule has 1 aromatic heterocycles. The molecule has 0 aliphatic heterocycles. The van der Waals surface area contributed by atoms with Crippen LogP contribution >= 0.6 is 0 Å². The quantitative estimate of drug-likeness (QED) is 0.871. The van der Waals surface area contributed by atoms with Crippen LogP contribution in [0.15, 0.2) is 36.4 Å². The monoisotopic (exact) mass is 294 g/mol. The maximum Gasteiger partial charge on any atom is 0.416 e. The number of hydrogen-bond acceptors (Lipinski definition) is 3. The Hall–Kier alpha value is -2.37. The first-order valence-corrected chi connectivity index (χ1v) is 6.23. The standard InChI is InChI=1S/C15H13F3N2O/c1-10-12(9-21)4-7-14(20-10)19-8-11-2-5-13(6-3-11)15(16,17)18/h2-7,9H,8H2,1H3,(H,19,20). The van der Waals surface area contributed by atoms with E-state index >= 15 is 0 Å². The second-order valence-electron chi connectivity index (χ2n) is 4.54. The molecular formula is C15H13F3N2O. The highest BCUT2D eigenvalue weighted by Crippen LogP contribution is 2.29. The number of pyridine rings is 1. The summed E-state index contributed by atoms with van der Waals surface area (Å²) in [4.78, 5) is 14.9. The molecule has 110 valence electrons. The molecule has 2 aromatic rings. The Labute approximate surface area is 119 Å². The van der Waals surface area contributed by atoms with Gasteiger partial charge in [-0.3, -0.25) is 4.79 Å². The molecule has 1 N–H and O–H groups in total. The van der Waals surface area contributed by atoms with Crippen LogP contribution in [0.2, 0.25) is 0 Å². The normalized spacial score (nSPS) is 11.2. The van der Waals surface area contributed by atoms with Gasteiger partial charge in [-0.15, -0.1) is 0 Å². The summed E-state index contributed by atoms with van der Waals surface area (Å²) < 4.78 is 37.3. The van der Waals surface area contributed by atoms with Crippen LogP contribution in [0.25, 0.3) is 0 Å². The van der Waals surface area contributed by atoms with E-state index in [1.165, 1.54) is 12.1 Å². The van der Waals surface area contributed by atoms with Gasteiger partial charge in [0.15, 0.2) is 6.29 Å². The molecule has 1 heterocycles. The number of carbonyl (C=O) groups is 1. The number of alkyl halides is 3. The van der Waals surface area contributed by atoms with Gasteiger partial charge in [0.2, 0.25) is 0 Å². The minimum atomic E-state index is -4.32. The maximum absolute atomic E-state index is 12.4. The van der Waals surface area contributed by atoms with E-state index in [2.05, 4.69) is 10.3 Å². The summed E-state index contributed by atoms with van der Waals surface area (Å²) in [6, 6.07) is 8.23. The fourth-order valence-corrected chi connectivity index (χ4v) is 1.80. The number of hydrogen-bond donors (Lipinski definition) is 1. The van der Waals surface area contributed by atoms with E-state index in [9.17, 15) is 18.0 Å². The number of nitrogens with one attached hydrogen (secondary N) is 1. The summed E-state index contributed by atoms with van der Waals surface area (Å²) in [5, 5.41) is 3.00. The Morgan fingerprint density at radius 1 is 1.14 bits per heavy atom. The van der Waals surface area contributed by atoms with Crippen LogP contribution in [0.3, 0.4) is 0 Å². The van der Waals surface area contributed by atoms with Crippen LogP contribution in [-0.4, -0.2) is 11.3 Å². The lowest BCUT2D eigenvalue weighted by molar-refractivity contribution is -0.137. The van der Waals surface area contributed by atoms with Gasteiger partial charge in [-0.25, -0.2) is 4.98 Å². The topological polar surface area (TPSA) is 42.0 Å². The average Bonchev–Trinajstić information content (AvgIpc) is 2.45. The molecule has 0 radical (unpaired) electrons. The van der Waals surface area contributed by atoms with E-state index in [-0.39, 0.29) is 0 Å². The zero-order valence-electron chi connectivity index (χ0n) is 11.2. The first-order chi connectivity index (χ1) is 9.90. The van der Waals surface area contributed by atoms with Gasteiger partial charge in [-0.1, -0.05) is 12.1 Å². The lowest BCUT2D eigenvalue weighted by Gasteiger charge is -2.09. The third-order valence-corrected chi connectivity index (χ3v) is 3.01. The fourth-order valence-electron chi connectivity index (χ4n) is 1.80. The molecule has 0 amide bonds. The minimum absolute atomic E-state index is 0.352. The molecule has 0 fully saturated rings. The highest BCUT2D eigenvalue weighted by Gasteiger charge is 2.29. The molecule has 0 unspecified atom stereocenters. The van der Waals surface area contributed by atoms with Gasteiger partial charge in [0, 0.05) is 12.1 Å². The summed E-state index contributed by atoms with van der Waals surface area (Å²) in [5.41, 5.74) is 1.15. The predicted octanol–water partition coefficient (Wildman–Crippen LogP) is 3.83. The van der Waals surface area contributed by atoms with Crippen molar-refractivity contribution >= 4 is 12.1 Å². The summed E-state index contributed by atoms with van der Waals surface area (Å²) in [7, 11) is 0. The van der Waals surface area contributed by atoms with Crippen LogP contribution in [0.4, 0.5) is 19.0 Å². The van der Waals surface area contributed by atoms with E-state index in [0.29, 0.717) is 29.2 Å². The third-order valence-electron chi connectivity index (χ3n) is 3.01. The number of carbonyl (C=O) groups excluding carboxylic acids is 1. The number of halogens is 3.